The highest BCUT2D eigenvalue weighted by atomic mass is 16.5. The summed E-state index contributed by atoms with van der Waals surface area (Å²) in [7, 11) is 0. The molecular weight excluding hydrogens is 276 g/mol. The minimum atomic E-state index is -0.468. The third-order valence-electron chi connectivity index (χ3n) is 4.02. The standard InChI is InChI=1S/C18H26N2O2/c1-3-9-19-10-12-20(13-11-19)14-17(21)15-22-18-7-5-16(4-2)6-8-18/h1,5-8,17,21H,4,9-15H2,2H3. The van der Waals surface area contributed by atoms with Gasteiger partial charge in [0, 0.05) is 32.7 Å². The maximum Gasteiger partial charge on any atom is 0.119 e. The maximum absolute atomic E-state index is 10.1. The molecule has 0 spiro atoms. The molecule has 4 heteroatoms. The predicted octanol–water partition coefficient (Wildman–Crippen LogP) is 1.24. The molecule has 1 atom stereocenters. The molecule has 120 valence electrons. The Bertz CT molecular complexity index is 473. The number of hydrogen-bond acceptors (Lipinski definition) is 4. The lowest BCUT2D eigenvalue weighted by molar-refractivity contribution is 0.0485. The summed E-state index contributed by atoms with van der Waals surface area (Å²) in [5, 5.41) is 10.1. The van der Waals surface area contributed by atoms with E-state index in [1.807, 2.05) is 12.1 Å². The number of aliphatic hydroxyl groups excluding tert-OH is 1. The first-order valence-corrected chi connectivity index (χ1v) is 7.99. The molecule has 0 bridgehead atoms. The molecule has 1 aliphatic heterocycles. The van der Waals surface area contributed by atoms with E-state index < -0.39 is 6.10 Å². The minimum absolute atomic E-state index is 0.329. The quantitative estimate of drug-likeness (QED) is 0.769. The van der Waals surface area contributed by atoms with Crippen molar-refractivity contribution >= 4 is 0 Å². The van der Waals surface area contributed by atoms with Gasteiger partial charge in [-0.25, -0.2) is 0 Å². The number of aliphatic hydroxyl groups is 1. The highest BCUT2D eigenvalue weighted by Gasteiger charge is 2.18. The fourth-order valence-corrected chi connectivity index (χ4v) is 2.62. The predicted molar refractivity (Wildman–Crippen MR) is 89.0 cm³/mol. The van der Waals surface area contributed by atoms with Crippen LogP contribution in [-0.4, -0.2) is 66.9 Å². The molecule has 1 aromatic carbocycles. The first kappa shape index (κ1) is 16.8. The molecule has 0 amide bonds. The Hall–Kier alpha value is -1.54. The third kappa shape index (κ3) is 5.34. The van der Waals surface area contributed by atoms with E-state index in [4.69, 9.17) is 11.2 Å². The number of piperazine rings is 1. The summed E-state index contributed by atoms with van der Waals surface area (Å²) in [5.41, 5.74) is 1.29. The molecular formula is C18H26N2O2. The van der Waals surface area contributed by atoms with Crippen LogP contribution in [0.4, 0.5) is 0 Å². The molecule has 0 saturated carbocycles. The van der Waals surface area contributed by atoms with Crippen LogP contribution in [0.15, 0.2) is 24.3 Å². The van der Waals surface area contributed by atoms with E-state index in [1.165, 1.54) is 5.56 Å². The lowest BCUT2D eigenvalue weighted by atomic mass is 10.2. The molecule has 0 radical (unpaired) electrons. The number of aryl methyl sites for hydroxylation is 1. The van der Waals surface area contributed by atoms with Gasteiger partial charge >= 0.3 is 0 Å². The van der Waals surface area contributed by atoms with Crippen molar-refractivity contribution in [3.63, 3.8) is 0 Å². The second kappa shape index (κ2) is 8.79. The smallest absolute Gasteiger partial charge is 0.119 e. The summed E-state index contributed by atoms with van der Waals surface area (Å²) in [6.45, 7) is 7.66. The number of benzene rings is 1. The van der Waals surface area contributed by atoms with Crippen LogP contribution in [0.1, 0.15) is 12.5 Å². The van der Waals surface area contributed by atoms with Gasteiger partial charge in [0.05, 0.1) is 6.54 Å². The Morgan fingerprint density at radius 2 is 1.82 bits per heavy atom. The van der Waals surface area contributed by atoms with Crippen molar-refractivity contribution in [2.45, 2.75) is 19.4 Å². The van der Waals surface area contributed by atoms with E-state index in [2.05, 4.69) is 34.8 Å². The largest absolute Gasteiger partial charge is 0.491 e. The van der Waals surface area contributed by atoms with Crippen molar-refractivity contribution in [1.29, 1.82) is 0 Å². The molecule has 1 N–H and O–H groups in total. The highest BCUT2D eigenvalue weighted by molar-refractivity contribution is 5.27. The molecule has 22 heavy (non-hydrogen) atoms. The molecule has 4 nitrogen and oxygen atoms in total. The van der Waals surface area contributed by atoms with Crippen LogP contribution in [0.2, 0.25) is 0 Å². The number of terminal acetylenes is 1. The van der Waals surface area contributed by atoms with Crippen LogP contribution < -0.4 is 4.74 Å². The lowest BCUT2D eigenvalue weighted by Gasteiger charge is -2.34. The van der Waals surface area contributed by atoms with Gasteiger partial charge in [0.15, 0.2) is 0 Å². The van der Waals surface area contributed by atoms with E-state index in [9.17, 15) is 5.11 Å². The number of rotatable bonds is 7. The summed E-state index contributed by atoms with van der Waals surface area (Å²) >= 11 is 0. The fourth-order valence-electron chi connectivity index (χ4n) is 2.62. The Morgan fingerprint density at radius 3 is 2.41 bits per heavy atom. The van der Waals surface area contributed by atoms with Crippen molar-refractivity contribution in [3.8, 4) is 18.1 Å². The van der Waals surface area contributed by atoms with Crippen LogP contribution in [0.5, 0.6) is 5.75 Å². The zero-order valence-electron chi connectivity index (χ0n) is 13.4. The Labute approximate surface area is 133 Å². The van der Waals surface area contributed by atoms with E-state index in [0.717, 1.165) is 38.3 Å². The number of nitrogens with zero attached hydrogens (tertiary/aromatic N) is 2. The van der Waals surface area contributed by atoms with Crippen LogP contribution in [0.25, 0.3) is 0 Å². The van der Waals surface area contributed by atoms with Crippen molar-refractivity contribution in [2.75, 3.05) is 45.9 Å². The third-order valence-corrected chi connectivity index (χ3v) is 4.02. The minimum Gasteiger partial charge on any atom is -0.491 e. The first-order chi connectivity index (χ1) is 10.7. The Morgan fingerprint density at radius 1 is 1.18 bits per heavy atom. The molecule has 0 aliphatic carbocycles. The van der Waals surface area contributed by atoms with Gasteiger partial charge < -0.3 is 9.84 Å². The number of ether oxygens (including phenoxy) is 1. The van der Waals surface area contributed by atoms with Crippen molar-refractivity contribution < 1.29 is 9.84 Å². The number of β-amino-alcohol motifs (C(OH)–C–C–N with tert-alkyl or cyclic N) is 1. The van der Waals surface area contributed by atoms with Gasteiger partial charge in [-0.15, -0.1) is 6.42 Å². The molecule has 1 aliphatic rings. The second-order valence-corrected chi connectivity index (χ2v) is 5.74. The van der Waals surface area contributed by atoms with Gasteiger partial charge in [0.2, 0.25) is 0 Å². The molecule has 2 rings (SSSR count). The normalized spacial score (nSPS) is 17.9. The molecule has 0 aromatic heterocycles. The molecule has 1 aromatic rings. The van der Waals surface area contributed by atoms with Gasteiger partial charge in [0.25, 0.3) is 0 Å². The highest BCUT2D eigenvalue weighted by Crippen LogP contribution is 2.13. The summed E-state index contributed by atoms with van der Waals surface area (Å²) in [6.07, 6.45) is 5.88. The lowest BCUT2D eigenvalue weighted by Crippen LogP contribution is -2.49. The van der Waals surface area contributed by atoms with Crippen LogP contribution >= 0.6 is 0 Å². The summed E-state index contributed by atoms with van der Waals surface area (Å²) in [4.78, 5) is 4.52. The Balaban J connectivity index is 1.67. The van der Waals surface area contributed by atoms with Gasteiger partial charge in [0.1, 0.15) is 18.5 Å². The van der Waals surface area contributed by atoms with Crippen LogP contribution in [-0.2, 0) is 6.42 Å². The van der Waals surface area contributed by atoms with E-state index >= 15 is 0 Å². The van der Waals surface area contributed by atoms with E-state index in [1.54, 1.807) is 0 Å². The van der Waals surface area contributed by atoms with E-state index in [-0.39, 0.29) is 0 Å². The van der Waals surface area contributed by atoms with Gasteiger partial charge in [-0.2, -0.15) is 0 Å². The van der Waals surface area contributed by atoms with E-state index in [0.29, 0.717) is 19.7 Å². The molecule has 1 fully saturated rings. The monoisotopic (exact) mass is 302 g/mol. The Kier molecular flexibility index (Phi) is 6.73. The van der Waals surface area contributed by atoms with Gasteiger partial charge in [-0.1, -0.05) is 25.0 Å². The number of hydrogen-bond donors (Lipinski definition) is 1. The van der Waals surface area contributed by atoms with Crippen molar-refractivity contribution in [1.82, 2.24) is 9.80 Å². The van der Waals surface area contributed by atoms with Crippen LogP contribution in [0, 0.1) is 12.3 Å². The zero-order valence-corrected chi connectivity index (χ0v) is 13.4. The first-order valence-electron chi connectivity index (χ1n) is 7.99. The second-order valence-electron chi connectivity index (χ2n) is 5.74. The molecule has 1 unspecified atom stereocenters. The summed E-state index contributed by atoms with van der Waals surface area (Å²) in [5.74, 6) is 3.49. The average molecular weight is 302 g/mol. The summed E-state index contributed by atoms with van der Waals surface area (Å²) < 4.78 is 5.65. The topological polar surface area (TPSA) is 35.9 Å². The van der Waals surface area contributed by atoms with Crippen molar-refractivity contribution in [2.24, 2.45) is 0 Å². The summed E-state index contributed by atoms with van der Waals surface area (Å²) in [6, 6.07) is 8.05. The molecule has 1 saturated heterocycles. The van der Waals surface area contributed by atoms with Gasteiger partial charge in [-0.3, -0.25) is 9.80 Å². The van der Waals surface area contributed by atoms with Crippen LogP contribution in [0.3, 0.4) is 0 Å². The SMILES string of the molecule is C#CCN1CCN(CC(O)COc2ccc(CC)cc2)CC1. The zero-order chi connectivity index (χ0) is 15.8. The fraction of sp³-hybridized carbons (Fsp3) is 0.556. The maximum atomic E-state index is 10.1. The van der Waals surface area contributed by atoms with Gasteiger partial charge in [-0.05, 0) is 24.1 Å². The molecule has 1 heterocycles. The average Bonchev–Trinajstić information content (AvgIpc) is 2.55. The van der Waals surface area contributed by atoms with Crippen molar-refractivity contribution in [3.05, 3.63) is 29.8 Å².